The molecule has 1 heterocycles. The normalized spacial score (nSPS) is 12.2. The molecule has 2 N–H and O–H groups in total. The maximum absolute atomic E-state index is 5.99. The van der Waals surface area contributed by atoms with Crippen LogP contribution in [-0.4, -0.2) is 46.7 Å². The number of benzene rings is 1. The van der Waals surface area contributed by atoms with Gasteiger partial charge in [-0.2, -0.15) is 0 Å². The highest BCUT2D eigenvalue weighted by molar-refractivity contribution is 7.80. The van der Waals surface area contributed by atoms with Crippen LogP contribution >= 0.6 is 23.8 Å². The Kier molecular flexibility index (Phi) is 6.38. The molecule has 0 aliphatic carbocycles. The lowest BCUT2D eigenvalue weighted by atomic mass is 10.1. The molecule has 2 aromatic rings. The number of nitrogens with one attached hydrogen (secondary N) is 2. The van der Waals surface area contributed by atoms with Crippen LogP contribution in [0, 0.1) is 0 Å². The lowest BCUT2D eigenvalue weighted by molar-refractivity contribution is 0.412. The second-order valence-corrected chi connectivity index (χ2v) is 6.43. The second kappa shape index (κ2) is 8.29. The largest absolute Gasteiger partial charge is 0.361 e. The molecule has 1 aromatic carbocycles. The Hall–Kier alpha value is -1.63. The number of likely N-dealkylation sites (N-methyl/N-ethyl adjacent to an activating group) is 1. The third kappa shape index (κ3) is 5.20. The van der Waals surface area contributed by atoms with Crippen LogP contribution in [0.1, 0.15) is 17.4 Å². The summed E-state index contributed by atoms with van der Waals surface area (Å²) in [6.07, 6.45) is 3.70. The van der Waals surface area contributed by atoms with Crippen molar-refractivity contribution >= 4 is 28.9 Å². The number of aromatic nitrogens is 2. The van der Waals surface area contributed by atoms with Crippen LogP contribution in [0.5, 0.6) is 0 Å². The van der Waals surface area contributed by atoms with E-state index in [1.165, 1.54) is 0 Å². The Morgan fingerprint density at radius 2 is 2.04 bits per heavy atom. The molecule has 5 nitrogen and oxygen atoms in total. The monoisotopic (exact) mass is 351 g/mol. The van der Waals surface area contributed by atoms with E-state index in [-0.39, 0.29) is 6.04 Å². The minimum atomic E-state index is -0.133. The average molecular weight is 352 g/mol. The van der Waals surface area contributed by atoms with E-state index in [2.05, 4.69) is 20.5 Å². The first kappa shape index (κ1) is 17.7. The lowest BCUT2D eigenvalue weighted by Crippen LogP contribution is -2.41. The summed E-state index contributed by atoms with van der Waals surface area (Å²) < 4.78 is 1.98. The molecule has 0 radical (unpaired) electrons. The summed E-state index contributed by atoms with van der Waals surface area (Å²) in [6.45, 7) is 1.70. The first-order valence-corrected chi connectivity index (χ1v) is 8.18. The number of hydrogen-bond acceptors (Lipinski definition) is 3. The van der Waals surface area contributed by atoms with E-state index in [1.54, 1.807) is 6.20 Å². The smallest absolute Gasteiger partial charge is 0.167 e. The van der Waals surface area contributed by atoms with Gasteiger partial charge >= 0.3 is 0 Å². The van der Waals surface area contributed by atoms with Crippen LogP contribution in [0.3, 0.4) is 0 Å². The van der Waals surface area contributed by atoms with Crippen molar-refractivity contribution in [3.63, 3.8) is 0 Å². The molecule has 0 saturated carbocycles. The zero-order valence-corrected chi connectivity index (χ0v) is 15.2. The molecule has 1 aromatic heterocycles. The molecule has 2 rings (SSSR count). The zero-order valence-electron chi connectivity index (χ0n) is 13.6. The summed E-state index contributed by atoms with van der Waals surface area (Å²) in [5.74, 6) is 0.893. The first-order valence-electron chi connectivity index (χ1n) is 7.39. The predicted molar refractivity (Wildman–Crippen MR) is 98.8 cm³/mol. The Morgan fingerprint density at radius 1 is 1.35 bits per heavy atom. The van der Waals surface area contributed by atoms with E-state index in [4.69, 9.17) is 23.8 Å². The second-order valence-electron chi connectivity index (χ2n) is 5.58. The third-order valence-electron chi connectivity index (χ3n) is 3.44. The van der Waals surface area contributed by atoms with E-state index in [0.717, 1.165) is 24.5 Å². The SMILES string of the molecule is CN(C)CCNC(=S)N[C@@H](c1ccc(Cl)cc1)c1nccn1C. The first-order chi connectivity index (χ1) is 11.0. The van der Waals surface area contributed by atoms with Crippen molar-refractivity contribution in [1.82, 2.24) is 25.1 Å². The highest BCUT2D eigenvalue weighted by atomic mass is 35.5. The number of aryl methyl sites for hydroxylation is 1. The van der Waals surface area contributed by atoms with E-state index in [9.17, 15) is 0 Å². The van der Waals surface area contributed by atoms with Gasteiger partial charge in [0.25, 0.3) is 0 Å². The fraction of sp³-hybridized carbons (Fsp3) is 0.375. The van der Waals surface area contributed by atoms with Gasteiger partial charge in [0, 0.05) is 37.6 Å². The molecule has 0 spiro atoms. The van der Waals surface area contributed by atoms with E-state index >= 15 is 0 Å². The summed E-state index contributed by atoms with van der Waals surface area (Å²) in [5, 5.41) is 7.88. The van der Waals surface area contributed by atoms with Crippen LogP contribution in [0.4, 0.5) is 0 Å². The average Bonchev–Trinajstić information content (AvgIpc) is 2.91. The maximum Gasteiger partial charge on any atom is 0.167 e. The summed E-state index contributed by atoms with van der Waals surface area (Å²) in [5.41, 5.74) is 1.06. The minimum absolute atomic E-state index is 0.133. The Labute approximate surface area is 147 Å². The van der Waals surface area contributed by atoms with Gasteiger partial charge in [0.2, 0.25) is 0 Å². The van der Waals surface area contributed by atoms with E-state index < -0.39 is 0 Å². The molecular formula is C16H22ClN5S. The summed E-state index contributed by atoms with van der Waals surface area (Å²) in [4.78, 5) is 6.55. The number of halogens is 1. The molecule has 124 valence electrons. The number of nitrogens with zero attached hydrogens (tertiary/aromatic N) is 3. The van der Waals surface area contributed by atoms with Crippen molar-refractivity contribution in [2.45, 2.75) is 6.04 Å². The van der Waals surface area contributed by atoms with Gasteiger partial charge in [-0.1, -0.05) is 23.7 Å². The summed E-state index contributed by atoms with van der Waals surface area (Å²) in [6, 6.07) is 7.58. The van der Waals surface area contributed by atoms with Crippen LogP contribution in [-0.2, 0) is 7.05 Å². The molecule has 1 atom stereocenters. The molecular weight excluding hydrogens is 330 g/mol. The maximum atomic E-state index is 5.99. The molecule has 7 heteroatoms. The molecule has 0 aliphatic heterocycles. The molecule has 0 unspecified atom stereocenters. The fourth-order valence-corrected chi connectivity index (χ4v) is 2.53. The topological polar surface area (TPSA) is 45.1 Å². The van der Waals surface area contributed by atoms with Gasteiger partial charge in [-0.05, 0) is 44.0 Å². The molecule has 0 fully saturated rings. The number of thiocarbonyl (C=S) groups is 1. The molecule has 0 bridgehead atoms. The standard InChI is InChI=1S/C16H22ClN5S/c1-21(2)10-8-19-16(23)20-14(15-18-9-11-22(15)3)12-4-6-13(17)7-5-12/h4-7,9,11,14H,8,10H2,1-3H3,(H2,19,20,23)/t14-/m0/s1. The number of imidazole rings is 1. The molecule has 0 aliphatic rings. The van der Waals surface area contributed by atoms with Crippen molar-refractivity contribution in [1.29, 1.82) is 0 Å². The van der Waals surface area contributed by atoms with Gasteiger partial charge in [0.15, 0.2) is 5.11 Å². The van der Waals surface area contributed by atoms with Crippen molar-refractivity contribution < 1.29 is 0 Å². The quantitative estimate of drug-likeness (QED) is 0.781. The van der Waals surface area contributed by atoms with Gasteiger partial charge in [-0.3, -0.25) is 0 Å². The van der Waals surface area contributed by atoms with E-state index in [0.29, 0.717) is 10.1 Å². The van der Waals surface area contributed by atoms with Crippen molar-refractivity contribution in [2.24, 2.45) is 7.05 Å². The van der Waals surface area contributed by atoms with E-state index in [1.807, 2.05) is 56.2 Å². The van der Waals surface area contributed by atoms with Crippen molar-refractivity contribution in [3.8, 4) is 0 Å². The number of rotatable bonds is 6. The highest BCUT2D eigenvalue weighted by Crippen LogP contribution is 2.22. The molecule has 23 heavy (non-hydrogen) atoms. The van der Waals surface area contributed by atoms with Crippen LogP contribution < -0.4 is 10.6 Å². The zero-order chi connectivity index (χ0) is 16.8. The highest BCUT2D eigenvalue weighted by Gasteiger charge is 2.19. The van der Waals surface area contributed by atoms with Gasteiger partial charge in [0.1, 0.15) is 11.9 Å². The van der Waals surface area contributed by atoms with Crippen molar-refractivity contribution in [3.05, 3.63) is 53.1 Å². The van der Waals surface area contributed by atoms with Gasteiger partial charge in [0.05, 0.1) is 0 Å². The van der Waals surface area contributed by atoms with Crippen molar-refractivity contribution in [2.75, 3.05) is 27.2 Å². The van der Waals surface area contributed by atoms with Gasteiger partial charge in [-0.15, -0.1) is 0 Å². The Morgan fingerprint density at radius 3 is 2.61 bits per heavy atom. The van der Waals surface area contributed by atoms with Gasteiger partial charge < -0.3 is 20.1 Å². The van der Waals surface area contributed by atoms with Crippen LogP contribution in [0.25, 0.3) is 0 Å². The lowest BCUT2D eigenvalue weighted by Gasteiger charge is -2.22. The fourth-order valence-electron chi connectivity index (χ4n) is 2.18. The summed E-state index contributed by atoms with van der Waals surface area (Å²) >= 11 is 11.4. The molecule has 0 amide bonds. The summed E-state index contributed by atoms with van der Waals surface area (Å²) in [7, 11) is 6.03. The molecule has 0 saturated heterocycles. The Bertz CT molecular complexity index is 638. The predicted octanol–water partition coefficient (Wildman–Crippen LogP) is 2.19. The number of hydrogen-bond donors (Lipinski definition) is 2. The van der Waals surface area contributed by atoms with Crippen LogP contribution in [0.15, 0.2) is 36.7 Å². The van der Waals surface area contributed by atoms with Gasteiger partial charge in [-0.25, -0.2) is 4.98 Å². The van der Waals surface area contributed by atoms with Crippen LogP contribution in [0.2, 0.25) is 5.02 Å². The Balaban J connectivity index is 2.13. The third-order valence-corrected chi connectivity index (χ3v) is 3.95. The minimum Gasteiger partial charge on any atom is -0.361 e.